The van der Waals surface area contributed by atoms with Gasteiger partial charge in [0.05, 0.1) is 4.90 Å². The first-order chi connectivity index (χ1) is 19.9. The van der Waals surface area contributed by atoms with Gasteiger partial charge >= 0.3 is 0 Å². The van der Waals surface area contributed by atoms with Gasteiger partial charge in [-0.3, -0.25) is 0 Å². The van der Waals surface area contributed by atoms with E-state index in [9.17, 15) is 8.60 Å². The molecule has 7 heteroatoms. The second-order valence-electron chi connectivity index (χ2n) is 8.20. The molecular weight excluding hydrogens is 555 g/mol. The minimum Gasteiger partial charge on any atom is -0.443 e. The van der Waals surface area contributed by atoms with E-state index < -0.39 is 11.0 Å². The van der Waals surface area contributed by atoms with E-state index in [-0.39, 0.29) is 11.9 Å². The molecule has 0 spiro atoms. The van der Waals surface area contributed by atoms with Crippen LogP contribution < -0.4 is 9.46 Å². The zero-order valence-electron chi connectivity index (χ0n) is 25.0. The van der Waals surface area contributed by atoms with Gasteiger partial charge in [0.2, 0.25) is 0 Å². The Hall–Kier alpha value is -3.32. The van der Waals surface area contributed by atoms with E-state index in [2.05, 4.69) is 9.71 Å². The molecule has 4 nitrogen and oxygen atoms in total. The molecule has 2 unspecified atom stereocenters. The third-order valence-electron chi connectivity index (χ3n) is 5.42. The van der Waals surface area contributed by atoms with Crippen molar-refractivity contribution in [3.63, 3.8) is 0 Å². The lowest BCUT2D eigenvalue weighted by Crippen LogP contribution is -2.31. The number of halogens is 2. The van der Waals surface area contributed by atoms with Crippen LogP contribution in [0.2, 0.25) is 5.02 Å². The lowest BCUT2D eigenvalue weighted by molar-refractivity contribution is 0.542. The SMILES string of the molecule is CC.CC.CCC(NS(=O)c1ccc2c(Cl)cccc2c1)/C(C)=C/N=C(C)Oc1ccc(F)cc1.c1ccccc1. The molecule has 0 amide bonds. The Morgan fingerprint density at radius 1 is 0.927 bits per heavy atom. The summed E-state index contributed by atoms with van der Waals surface area (Å²) >= 11 is 6.22. The van der Waals surface area contributed by atoms with Crippen LogP contribution in [-0.4, -0.2) is 16.1 Å². The van der Waals surface area contributed by atoms with Gasteiger partial charge in [-0.05, 0) is 66.8 Å². The highest BCUT2D eigenvalue weighted by Gasteiger charge is 2.14. The van der Waals surface area contributed by atoms with Crippen molar-refractivity contribution >= 4 is 39.3 Å². The number of hydrogen-bond acceptors (Lipinski definition) is 3. The average molecular weight is 597 g/mol. The van der Waals surface area contributed by atoms with Crippen LogP contribution in [0.3, 0.4) is 0 Å². The minimum atomic E-state index is -1.39. The van der Waals surface area contributed by atoms with Crippen LogP contribution in [0.15, 0.2) is 119 Å². The highest BCUT2D eigenvalue weighted by molar-refractivity contribution is 7.83. The third-order valence-corrected chi connectivity index (χ3v) is 6.93. The van der Waals surface area contributed by atoms with Crippen LogP contribution >= 0.6 is 11.6 Å². The van der Waals surface area contributed by atoms with E-state index in [1.54, 1.807) is 25.3 Å². The topological polar surface area (TPSA) is 50.7 Å². The molecule has 0 fully saturated rings. The molecule has 2 atom stereocenters. The first-order valence-electron chi connectivity index (χ1n) is 13.9. The van der Waals surface area contributed by atoms with E-state index >= 15 is 0 Å². The maximum absolute atomic E-state index is 13.0. The van der Waals surface area contributed by atoms with Crippen molar-refractivity contribution in [2.45, 2.75) is 65.8 Å². The Kier molecular flexibility index (Phi) is 17.9. The second-order valence-corrected chi connectivity index (χ2v) is 9.85. The number of nitrogens with zero attached hydrogens (tertiary/aromatic N) is 1. The fourth-order valence-electron chi connectivity index (χ4n) is 3.40. The molecule has 41 heavy (non-hydrogen) atoms. The zero-order chi connectivity index (χ0) is 30.6. The predicted octanol–water partition coefficient (Wildman–Crippen LogP) is 10.2. The normalized spacial score (nSPS) is 12.4. The smallest absolute Gasteiger partial charge is 0.191 e. The first kappa shape index (κ1) is 35.7. The van der Waals surface area contributed by atoms with Gasteiger partial charge < -0.3 is 4.74 Å². The molecule has 220 valence electrons. The number of fused-ring (bicyclic) bond motifs is 1. The molecule has 4 rings (SSSR count). The molecule has 0 aliphatic heterocycles. The lowest BCUT2D eigenvalue weighted by atomic mass is 10.1. The Morgan fingerprint density at radius 2 is 1.51 bits per heavy atom. The number of aliphatic imine (C=N–C) groups is 1. The van der Waals surface area contributed by atoms with Crippen LogP contribution in [-0.2, 0) is 11.0 Å². The van der Waals surface area contributed by atoms with Gasteiger partial charge in [0.1, 0.15) is 22.6 Å². The summed E-state index contributed by atoms with van der Waals surface area (Å²) in [5.41, 5.74) is 0.918. The van der Waals surface area contributed by atoms with Gasteiger partial charge in [-0.2, -0.15) is 0 Å². The highest BCUT2D eigenvalue weighted by atomic mass is 35.5. The summed E-state index contributed by atoms with van der Waals surface area (Å²) in [5, 5.41) is 2.54. The Bertz CT molecular complexity index is 1350. The second kappa shape index (κ2) is 20.5. The maximum atomic E-state index is 13.0. The molecule has 0 saturated heterocycles. The quantitative estimate of drug-likeness (QED) is 0.170. The Balaban J connectivity index is 0.000000722. The first-order valence-corrected chi connectivity index (χ1v) is 15.4. The number of rotatable bonds is 7. The number of nitrogens with one attached hydrogen (secondary N) is 1. The van der Waals surface area contributed by atoms with Gasteiger partial charge in [-0.15, -0.1) is 0 Å². The predicted molar refractivity (Wildman–Crippen MR) is 176 cm³/mol. The summed E-state index contributed by atoms with van der Waals surface area (Å²) in [6.45, 7) is 13.7. The monoisotopic (exact) mass is 596 g/mol. The number of hydrogen-bond donors (Lipinski definition) is 1. The molecule has 0 bridgehead atoms. The minimum absolute atomic E-state index is 0.127. The van der Waals surface area contributed by atoms with Crippen LogP contribution in [0.1, 0.15) is 54.9 Å². The van der Waals surface area contributed by atoms with Crippen molar-refractivity contribution in [1.82, 2.24) is 4.72 Å². The summed E-state index contributed by atoms with van der Waals surface area (Å²) in [5.74, 6) is 0.613. The van der Waals surface area contributed by atoms with Gasteiger partial charge in [-0.1, -0.05) is 101 Å². The van der Waals surface area contributed by atoms with Crippen molar-refractivity contribution in [3.8, 4) is 5.75 Å². The van der Waals surface area contributed by atoms with Gasteiger partial charge in [0, 0.05) is 29.6 Å². The van der Waals surface area contributed by atoms with Crippen LogP contribution in [0.5, 0.6) is 5.75 Å². The Morgan fingerprint density at radius 3 is 2.07 bits per heavy atom. The molecule has 0 radical (unpaired) electrons. The molecule has 4 aromatic carbocycles. The Labute approximate surface area is 252 Å². The molecule has 4 aromatic rings. The van der Waals surface area contributed by atoms with E-state index in [0.29, 0.717) is 21.6 Å². The number of ether oxygens (including phenoxy) is 1. The van der Waals surface area contributed by atoms with Crippen molar-refractivity contribution < 1.29 is 13.3 Å². The van der Waals surface area contributed by atoms with Crippen molar-refractivity contribution in [2.24, 2.45) is 4.99 Å². The highest BCUT2D eigenvalue weighted by Crippen LogP contribution is 2.25. The fraction of sp³-hybridized carbons (Fsp3) is 0.265. The molecular formula is C34H42ClFN2O2S. The largest absolute Gasteiger partial charge is 0.443 e. The van der Waals surface area contributed by atoms with E-state index in [1.165, 1.54) is 12.1 Å². The summed E-state index contributed by atoms with van der Waals surface area (Å²) in [6, 6.07) is 28.9. The van der Waals surface area contributed by atoms with Crippen LogP contribution in [0, 0.1) is 5.82 Å². The van der Waals surface area contributed by atoms with E-state index in [0.717, 1.165) is 22.8 Å². The summed E-state index contributed by atoms with van der Waals surface area (Å²) in [4.78, 5) is 5.01. The zero-order valence-corrected chi connectivity index (χ0v) is 26.6. The van der Waals surface area contributed by atoms with E-state index in [4.69, 9.17) is 16.3 Å². The summed E-state index contributed by atoms with van der Waals surface area (Å²) in [6.07, 6.45) is 2.43. The molecule has 0 aromatic heterocycles. The standard InChI is InChI=1S/C24H24ClFN2O2S.C6H6.2C2H6/c1-4-24(16(2)15-27-17(3)30-20-10-8-19(26)9-11-20)28-31(29)21-12-13-22-18(14-21)6-5-7-23(22)25;1-2-4-6-5-3-1;2*1-2/h5-15,24,28H,4H2,1-3H3;1-6H;2*1-2H3/b16-15+,27-17?;;;. The third kappa shape index (κ3) is 12.8. The van der Waals surface area contributed by atoms with Gasteiger partial charge in [0.25, 0.3) is 0 Å². The van der Waals surface area contributed by atoms with Crippen LogP contribution in [0.4, 0.5) is 4.39 Å². The molecule has 0 aliphatic rings. The van der Waals surface area contributed by atoms with Gasteiger partial charge in [0.15, 0.2) is 5.90 Å². The summed E-state index contributed by atoms with van der Waals surface area (Å²) in [7, 11) is -1.39. The van der Waals surface area contributed by atoms with Crippen molar-refractivity contribution in [3.05, 3.63) is 120 Å². The van der Waals surface area contributed by atoms with Crippen molar-refractivity contribution in [1.29, 1.82) is 0 Å². The molecule has 0 heterocycles. The molecule has 1 N–H and O–H groups in total. The molecule has 0 saturated carbocycles. The average Bonchev–Trinajstić information content (AvgIpc) is 3.02. The summed E-state index contributed by atoms with van der Waals surface area (Å²) < 4.78 is 34.6. The van der Waals surface area contributed by atoms with Gasteiger partial charge in [-0.25, -0.2) is 18.3 Å². The lowest BCUT2D eigenvalue weighted by Gasteiger charge is -2.17. The van der Waals surface area contributed by atoms with Crippen molar-refractivity contribution in [2.75, 3.05) is 0 Å². The van der Waals surface area contributed by atoms with Crippen LogP contribution in [0.25, 0.3) is 10.8 Å². The fourth-order valence-corrected chi connectivity index (χ4v) is 4.82. The van der Waals surface area contributed by atoms with E-state index in [1.807, 2.05) is 114 Å². The number of benzene rings is 4. The molecule has 0 aliphatic carbocycles. The maximum Gasteiger partial charge on any atom is 0.191 e.